The lowest BCUT2D eigenvalue weighted by Crippen LogP contribution is -1.88. The highest BCUT2D eigenvalue weighted by atomic mass is 35.5. The largest absolute Gasteiger partial charge is 0.464 e. The zero-order valence-corrected chi connectivity index (χ0v) is 10.8. The van der Waals surface area contributed by atoms with Gasteiger partial charge in [-0.15, -0.1) is 12.4 Å². The third-order valence-electron chi connectivity index (χ3n) is 3.20. The van der Waals surface area contributed by atoms with E-state index in [0.29, 0.717) is 0 Å². The molecule has 4 rings (SSSR count). The second-order valence-corrected chi connectivity index (χ2v) is 4.25. The Morgan fingerprint density at radius 1 is 1.00 bits per heavy atom. The Labute approximate surface area is 115 Å². The van der Waals surface area contributed by atoms with Crippen LogP contribution < -0.4 is 0 Å². The van der Waals surface area contributed by atoms with E-state index in [2.05, 4.69) is 21.5 Å². The molecule has 0 amide bonds. The highest BCUT2D eigenvalue weighted by Gasteiger charge is 2.10. The molecule has 94 valence electrons. The fourth-order valence-electron chi connectivity index (χ4n) is 2.34. The molecule has 3 aromatic heterocycles. The van der Waals surface area contributed by atoms with Gasteiger partial charge in [0.1, 0.15) is 11.8 Å². The summed E-state index contributed by atoms with van der Waals surface area (Å²) in [5, 5.41) is 1.12. The normalized spacial score (nSPS) is 10.7. The first-order chi connectivity index (χ1) is 8.93. The van der Waals surface area contributed by atoms with E-state index < -0.39 is 0 Å². The fraction of sp³-hybridized carbons (Fsp3) is 0. The maximum atomic E-state index is 5.60. The standard InChI is InChI=1S/C15H10N2O.ClH/c1-2-7-15-12(5-1)13(9-18-15)14-6-3-4-11-8-16-10-17(11)14;/h1-10H;1H. The summed E-state index contributed by atoms with van der Waals surface area (Å²) in [5.74, 6) is 0. The predicted octanol–water partition coefficient (Wildman–Crippen LogP) is 4.17. The van der Waals surface area contributed by atoms with E-state index in [1.165, 1.54) is 0 Å². The van der Waals surface area contributed by atoms with Crippen LogP contribution in [0, 0.1) is 0 Å². The molecule has 0 radical (unpaired) electrons. The van der Waals surface area contributed by atoms with Crippen molar-refractivity contribution in [2.24, 2.45) is 0 Å². The third kappa shape index (κ3) is 1.71. The van der Waals surface area contributed by atoms with E-state index in [-0.39, 0.29) is 12.4 Å². The molecular weight excluding hydrogens is 260 g/mol. The average Bonchev–Trinajstić information content (AvgIpc) is 3.05. The van der Waals surface area contributed by atoms with E-state index in [9.17, 15) is 0 Å². The van der Waals surface area contributed by atoms with Crippen LogP contribution in [0.5, 0.6) is 0 Å². The number of halogens is 1. The quantitative estimate of drug-likeness (QED) is 0.520. The van der Waals surface area contributed by atoms with Crippen LogP contribution in [0.1, 0.15) is 0 Å². The molecule has 19 heavy (non-hydrogen) atoms. The van der Waals surface area contributed by atoms with Crippen molar-refractivity contribution in [3.8, 4) is 11.3 Å². The van der Waals surface area contributed by atoms with Gasteiger partial charge in [0, 0.05) is 10.9 Å². The van der Waals surface area contributed by atoms with Crippen LogP contribution in [-0.2, 0) is 0 Å². The second-order valence-electron chi connectivity index (χ2n) is 4.25. The van der Waals surface area contributed by atoms with Gasteiger partial charge in [0.15, 0.2) is 0 Å². The first kappa shape index (κ1) is 11.8. The molecule has 4 heteroatoms. The van der Waals surface area contributed by atoms with Gasteiger partial charge in [-0.25, -0.2) is 4.98 Å². The molecule has 4 aromatic rings. The third-order valence-corrected chi connectivity index (χ3v) is 3.20. The molecule has 0 aliphatic rings. The number of pyridine rings is 1. The van der Waals surface area contributed by atoms with E-state index in [1.807, 2.05) is 42.9 Å². The molecule has 0 N–H and O–H groups in total. The minimum Gasteiger partial charge on any atom is -0.464 e. The summed E-state index contributed by atoms with van der Waals surface area (Å²) < 4.78 is 7.66. The molecule has 0 saturated heterocycles. The van der Waals surface area contributed by atoms with Gasteiger partial charge in [-0.05, 0) is 18.2 Å². The van der Waals surface area contributed by atoms with Crippen LogP contribution in [0.2, 0.25) is 0 Å². The number of rotatable bonds is 1. The monoisotopic (exact) mass is 270 g/mol. The van der Waals surface area contributed by atoms with Gasteiger partial charge in [-0.3, -0.25) is 4.40 Å². The lowest BCUT2D eigenvalue weighted by molar-refractivity contribution is 0.616. The Balaban J connectivity index is 0.00000110. The van der Waals surface area contributed by atoms with Crippen molar-refractivity contribution < 1.29 is 4.42 Å². The van der Waals surface area contributed by atoms with E-state index in [0.717, 1.165) is 27.7 Å². The number of para-hydroxylation sites is 1. The average molecular weight is 271 g/mol. The van der Waals surface area contributed by atoms with Crippen molar-refractivity contribution in [1.29, 1.82) is 0 Å². The molecule has 0 unspecified atom stereocenters. The minimum absolute atomic E-state index is 0. The number of fused-ring (bicyclic) bond motifs is 2. The van der Waals surface area contributed by atoms with Crippen LogP contribution in [0.4, 0.5) is 0 Å². The highest BCUT2D eigenvalue weighted by Crippen LogP contribution is 2.30. The summed E-state index contributed by atoms with van der Waals surface area (Å²) in [7, 11) is 0. The Hall–Kier alpha value is -2.26. The van der Waals surface area contributed by atoms with Gasteiger partial charge in [0.05, 0.1) is 23.7 Å². The number of furan rings is 1. The van der Waals surface area contributed by atoms with E-state index in [4.69, 9.17) is 4.42 Å². The number of hydrogen-bond donors (Lipinski definition) is 0. The lowest BCUT2D eigenvalue weighted by atomic mass is 10.1. The van der Waals surface area contributed by atoms with Crippen LogP contribution >= 0.6 is 12.4 Å². The first-order valence-corrected chi connectivity index (χ1v) is 5.81. The minimum atomic E-state index is 0. The predicted molar refractivity (Wildman–Crippen MR) is 77.6 cm³/mol. The van der Waals surface area contributed by atoms with Crippen LogP contribution in [0.3, 0.4) is 0 Å². The summed E-state index contributed by atoms with van der Waals surface area (Å²) in [5.41, 5.74) is 4.17. The van der Waals surface area contributed by atoms with Gasteiger partial charge < -0.3 is 4.42 Å². The smallest absolute Gasteiger partial charge is 0.134 e. The van der Waals surface area contributed by atoms with Crippen molar-refractivity contribution in [2.45, 2.75) is 0 Å². The number of hydrogen-bond acceptors (Lipinski definition) is 2. The van der Waals surface area contributed by atoms with Crippen LogP contribution in [0.15, 0.2) is 65.7 Å². The Bertz CT molecular complexity index is 847. The lowest BCUT2D eigenvalue weighted by Gasteiger charge is -2.03. The summed E-state index contributed by atoms with van der Waals surface area (Å²) >= 11 is 0. The molecule has 0 spiro atoms. The van der Waals surface area contributed by atoms with Crippen LogP contribution in [-0.4, -0.2) is 9.38 Å². The van der Waals surface area contributed by atoms with Crippen molar-refractivity contribution in [3.05, 3.63) is 61.3 Å². The fourth-order valence-corrected chi connectivity index (χ4v) is 2.34. The zero-order valence-electron chi connectivity index (χ0n) is 9.98. The molecular formula is C15H11ClN2O. The van der Waals surface area contributed by atoms with Crippen LogP contribution in [0.25, 0.3) is 27.7 Å². The summed E-state index contributed by atoms with van der Waals surface area (Å²) in [4.78, 5) is 4.18. The van der Waals surface area contributed by atoms with Crippen molar-refractivity contribution in [1.82, 2.24) is 9.38 Å². The first-order valence-electron chi connectivity index (χ1n) is 5.81. The number of benzene rings is 1. The summed E-state index contributed by atoms with van der Waals surface area (Å²) in [6.07, 6.45) is 5.48. The van der Waals surface area contributed by atoms with E-state index in [1.54, 1.807) is 6.26 Å². The zero-order chi connectivity index (χ0) is 11.9. The molecule has 1 aromatic carbocycles. The maximum Gasteiger partial charge on any atom is 0.134 e. The van der Waals surface area contributed by atoms with Gasteiger partial charge in [-0.2, -0.15) is 0 Å². The number of imidazole rings is 1. The molecule has 0 aliphatic heterocycles. The SMILES string of the molecule is Cl.c1ccc2c(-c3cccc4cncn34)coc2c1. The van der Waals surface area contributed by atoms with Gasteiger partial charge in [0.25, 0.3) is 0 Å². The molecule has 0 fully saturated rings. The second kappa shape index (κ2) is 4.44. The molecule has 0 saturated carbocycles. The van der Waals surface area contributed by atoms with Crippen molar-refractivity contribution in [3.63, 3.8) is 0 Å². The summed E-state index contributed by atoms with van der Waals surface area (Å²) in [6.45, 7) is 0. The molecule has 0 aliphatic carbocycles. The molecule has 0 atom stereocenters. The molecule has 3 nitrogen and oxygen atoms in total. The summed E-state index contributed by atoms with van der Waals surface area (Å²) in [6, 6.07) is 14.2. The van der Waals surface area contributed by atoms with E-state index >= 15 is 0 Å². The molecule has 0 bridgehead atoms. The van der Waals surface area contributed by atoms with Crippen molar-refractivity contribution >= 4 is 28.9 Å². The van der Waals surface area contributed by atoms with Gasteiger partial charge in [0.2, 0.25) is 0 Å². The van der Waals surface area contributed by atoms with Gasteiger partial charge >= 0.3 is 0 Å². The van der Waals surface area contributed by atoms with Crippen molar-refractivity contribution in [2.75, 3.05) is 0 Å². The Morgan fingerprint density at radius 2 is 1.89 bits per heavy atom. The Kier molecular flexibility index (Phi) is 2.76. The topological polar surface area (TPSA) is 30.4 Å². The maximum absolute atomic E-state index is 5.60. The number of nitrogens with zero attached hydrogens (tertiary/aromatic N) is 2. The van der Waals surface area contributed by atoms with Gasteiger partial charge in [-0.1, -0.05) is 24.3 Å². The number of aromatic nitrogens is 2. The molecule has 3 heterocycles. The Morgan fingerprint density at radius 3 is 2.84 bits per heavy atom. The highest BCUT2D eigenvalue weighted by molar-refractivity contribution is 5.93.